The van der Waals surface area contributed by atoms with Gasteiger partial charge in [0.2, 0.25) is 82.7 Å². The Labute approximate surface area is 585 Å². The summed E-state index contributed by atoms with van der Waals surface area (Å²) in [6, 6.07) is -3.03. The first kappa shape index (κ1) is 88.4. The van der Waals surface area contributed by atoms with E-state index in [4.69, 9.17) is 4.74 Å². The molecule has 0 heterocycles. The first-order valence-corrected chi connectivity index (χ1v) is 32.4. The van der Waals surface area contributed by atoms with Crippen LogP contribution in [-0.2, 0) is 87.8 Å². The number of amides is 15. The maximum atomic E-state index is 14.3. The van der Waals surface area contributed by atoms with Crippen LogP contribution in [0.2, 0.25) is 0 Å². The third kappa shape index (κ3) is 27.6. The molecule has 100 heavy (non-hydrogen) atoms. The molecule has 0 aliphatic carbocycles. The third-order valence-electron chi connectivity index (χ3n) is 15.3. The fraction of sp³-hybridized carbons (Fsp3) is 0.667. The molecule has 0 radical (unpaired) electrons. The molecule has 1 aromatic rings. The molecular weight excluding hydrogens is 1300 g/mol. The molecule has 15 amide bonds. The number of methoxy groups -OCH3 is 1. The lowest BCUT2D eigenvalue weighted by atomic mass is 9.98. The minimum absolute atomic E-state index is 0.124. The molecule has 34 heteroatoms. The minimum Gasteiger partial charge on any atom is -0.467 e. The second-order valence-electron chi connectivity index (χ2n) is 29.7. The Bertz CT molecular complexity index is 3240. The molecule has 1 rings (SSSR count). The summed E-state index contributed by atoms with van der Waals surface area (Å²) in [7, 11) is 4.80. The van der Waals surface area contributed by atoms with Gasteiger partial charge in [0.15, 0.2) is 0 Å². The van der Waals surface area contributed by atoms with Crippen LogP contribution in [0, 0.1) is 0 Å². The molecule has 15 N–H and O–H groups in total. The van der Waals surface area contributed by atoms with Crippen LogP contribution in [0.5, 0.6) is 0 Å². The number of benzene rings is 1. The molecule has 8 atom stereocenters. The number of carbonyl (C=O) groups excluding carboxylic acids is 16. The number of hydrogen-bond donors (Lipinski definition) is 15. The molecule has 0 aliphatic heterocycles. The van der Waals surface area contributed by atoms with Gasteiger partial charge in [-0.15, -0.1) is 0 Å². The fourth-order valence-corrected chi connectivity index (χ4v) is 8.38. The highest BCUT2D eigenvalue weighted by molar-refractivity contribution is 6.03. The first-order chi connectivity index (χ1) is 45.1. The lowest BCUT2D eigenvalue weighted by Crippen LogP contribution is -2.65. The number of rotatable bonds is 33. The summed E-state index contributed by atoms with van der Waals surface area (Å²) in [5.41, 5.74) is -11.3. The Morgan fingerprint density at radius 2 is 0.550 bits per heavy atom. The van der Waals surface area contributed by atoms with Crippen LogP contribution < -0.4 is 84.7 Å². The van der Waals surface area contributed by atoms with Crippen LogP contribution in [0.4, 0.5) is 10.5 Å². The van der Waals surface area contributed by atoms with E-state index in [9.17, 15) is 76.7 Å². The van der Waals surface area contributed by atoms with E-state index in [0.717, 1.165) is 12.8 Å². The predicted octanol–water partition coefficient (Wildman–Crippen LogP) is -1.84. The fourth-order valence-electron chi connectivity index (χ4n) is 8.38. The second-order valence-corrected chi connectivity index (χ2v) is 29.7. The zero-order valence-corrected chi connectivity index (χ0v) is 62.9. The van der Waals surface area contributed by atoms with Gasteiger partial charge in [0.25, 0.3) is 0 Å². The maximum absolute atomic E-state index is 14.3. The van der Waals surface area contributed by atoms with E-state index in [2.05, 4.69) is 84.5 Å². The predicted molar refractivity (Wildman–Crippen MR) is 368 cm³/mol. The summed E-state index contributed by atoms with van der Waals surface area (Å²) in [4.78, 5) is 215. The minimum atomic E-state index is -1.79. The number of esters is 1. The Kier molecular flexibility index (Phi) is 30.8. The van der Waals surface area contributed by atoms with Crippen molar-refractivity contribution in [1.29, 1.82) is 0 Å². The van der Waals surface area contributed by atoms with Gasteiger partial charge in [-0.1, -0.05) is 12.1 Å². The SMILES string of the molecule is COC(=O)[C@H](C)NC(=O)C(C)(C)NC(=O)[C@H](C)NC(=O)C(C)(C)NC(=O)[C@H](C)NC(=O)C(C)(C)NC(=O)[C@H](C)NC(=O)C(C)(C)NC(=O)[C@H](C)NC(=O)C(C)(C)NC(=O)[C@H](Cc1ccc(N(C)C)cc1)NC(=O)C(C)(C)NC(=O)[C@H](C)NC(=O)C(C)(C)NC(=O)[C@H](C)NC(=O)OC(C)(C)C. The Balaban J connectivity index is 3.08. The number of alkyl carbamates (subject to hydrolysis) is 1. The zero-order chi connectivity index (χ0) is 78.1. The smallest absolute Gasteiger partial charge is 0.408 e. The van der Waals surface area contributed by atoms with Crippen molar-refractivity contribution in [3.05, 3.63) is 29.8 Å². The van der Waals surface area contributed by atoms with Gasteiger partial charge >= 0.3 is 12.1 Å². The average molecular weight is 1420 g/mol. The van der Waals surface area contributed by atoms with Gasteiger partial charge in [0, 0.05) is 26.2 Å². The van der Waals surface area contributed by atoms with Crippen molar-refractivity contribution in [2.24, 2.45) is 0 Å². The normalized spacial score (nSPS) is 14.5. The average Bonchev–Trinajstić information content (AvgIpc) is 0.833. The number of ether oxygens (including phenoxy) is 2. The van der Waals surface area contributed by atoms with Crippen molar-refractivity contribution in [1.82, 2.24) is 79.8 Å². The van der Waals surface area contributed by atoms with Gasteiger partial charge in [-0.25, -0.2) is 9.59 Å². The summed E-state index contributed by atoms with van der Waals surface area (Å²) in [6.07, 6.45) is -0.981. The molecule has 0 aromatic heterocycles. The van der Waals surface area contributed by atoms with Crippen LogP contribution in [0.3, 0.4) is 0 Å². The number of nitrogens with zero attached hydrogens (tertiary/aromatic N) is 1. The van der Waals surface area contributed by atoms with E-state index >= 15 is 0 Å². The quantitative estimate of drug-likeness (QED) is 0.0344. The van der Waals surface area contributed by atoms with Crippen molar-refractivity contribution in [3.63, 3.8) is 0 Å². The van der Waals surface area contributed by atoms with Crippen molar-refractivity contribution in [3.8, 4) is 0 Å². The summed E-state index contributed by atoms with van der Waals surface area (Å²) >= 11 is 0. The van der Waals surface area contributed by atoms with Crippen molar-refractivity contribution >= 4 is 100 Å². The number of nitrogens with one attached hydrogen (secondary N) is 15. The highest BCUT2D eigenvalue weighted by Gasteiger charge is 2.43. The molecule has 0 unspecified atom stereocenters. The monoisotopic (exact) mass is 1410 g/mol. The van der Waals surface area contributed by atoms with Crippen LogP contribution >= 0.6 is 0 Å². The number of anilines is 1. The van der Waals surface area contributed by atoms with Gasteiger partial charge in [-0.05, 0) is 184 Å². The van der Waals surface area contributed by atoms with E-state index < -0.39 is 187 Å². The van der Waals surface area contributed by atoms with Crippen molar-refractivity contribution in [2.45, 2.75) is 265 Å². The maximum Gasteiger partial charge on any atom is 0.408 e. The molecule has 0 fully saturated rings. The summed E-state index contributed by atoms with van der Waals surface area (Å²) in [5, 5.41) is 37.6. The Morgan fingerprint density at radius 1 is 0.330 bits per heavy atom. The summed E-state index contributed by atoms with van der Waals surface area (Å²) in [5.74, 6) is -12.3. The topological polar surface area (TPSA) is 475 Å². The lowest BCUT2D eigenvalue weighted by molar-refractivity contribution is -0.145. The van der Waals surface area contributed by atoms with Gasteiger partial charge in [-0.3, -0.25) is 67.1 Å². The summed E-state index contributed by atoms with van der Waals surface area (Å²) in [6.45, 7) is 33.1. The Hall–Kier alpha value is -9.66. The van der Waals surface area contributed by atoms with E-state index in [0.29, 0.717) is 5.56 Å². The van der Waals surface area contributed by atoms with Crippen LogP contribution in [0.1, 0.15) is 172 Å². The number of hydrogen-bond acceptors (Lipinski definition) is 19. The van der Waals surface area contributed by atoms with Gasteiger partial charge in [0.1, 0.15) is 92.7 Å². The molecule has 0 saturated heterocycles. The molecule has 0 saturated carbocycles. The zero-order valence-electron chi connectivity index (χ0n) is 62.9. The molecule has 562 valence electrons. The highest BCUT2D eigenvalue weighted by atomic mass is 16.6. The molecule has 0 aliphatic rings. The van der Waals surface area contributed by atoms with Gasteiger partial charge < -0.3 is 94.1 Å². The third-order valence-corrected chi connectivity index (χ3v) is 15.3. The van der Waals surface area contributed by atoms with Crippen LogP contribution in [0.25, 0.3) is 0 Å². The van der Waals surface area contributed by atoms with Crippen molar-refractivity contribution in [2.75, 3.05) is 26.1 Å². The first-order valence-electron chi connectivity index (χ1n) is 32.4. The molecule has 34 nitrogen and oxygen atoms in total. The summed E-state index contributed by atoms with van der Waals surface area (Å²) < 4.78 is 9.79. The van der Waals surface area contributed by atoms with E-state index in [-0.39, 0.29) is 6.42 Å². The molecule has 0 spiro atoms. The van der Waals surface area contributed by atoms with E-state index in [1.54, 1.807) is 45.0 Å². The highest BCUT2D eigenvalue weighted by Crippen LogP contribution is 2.17. The Morgan fingerprint density at radius 3 is 0.780 bits per heavy atom. The molecular formula is C66H110N16O18. The van der Waals surface area contributed by atoms with E-state index in [1.165, 1.54) is 145 Å². The number of carbonyl (C=O) groups is 16. The van der Waals surface area contributed by atoms with Crippen molar-refractivity contribution < 1.29 is 86.2 Å². The van der Waals surface area contributed by atoms with Gasteiger partial charge in [0.05, 0.1) is 7.11 Å². The molecule has 1 aromatic carbocycles. The largest absolute Gasteiger partial charge is 0.467 e. The molecule has 0 bridgehead atoms. The standard InChI is InChI=1S/C66H110N16O18/c1-33(44(84)76-61(13,14)53(93)69-35(3)46(86)78-64(19,20)56(96)72-39(7)50(90)99-27)67-51(91)60(11,12)75-43(83)34(2)68-52(92)62(15,16)77-45(85)36(4)71-55(95)65(21,22)81-49(89)42(32-40-28-30-41(31-29-40)82(25)26)74-57(97)66(23,24)79-47(87)37(5)70-54(94)63(17,18)80-48(88)38(6)73-58(98)100-59(8,9)10/h28-31,33-39,42H,32H2,1-27H3,(H,67,91)(H,68,92)(H,69,93)(H,70,94)(H,71,95)(H,72,96)(H,73,98)(H,74,97)(H,75,83)(H,76,84)(H,77,85)(H,78,86)(H,79,87)(H,80,88)(H,81,89)/t33-,34-,35-,36-,37-,38-,39-,42-/m0/s1. The van der Waals surface area contributed by atoms with Gasteiger partial charge in [-0.2, -0.15) is 0 Å². The lowest BCUT2D eigenvalue weighted by Gasteiger charge is -2.33. The second kappa shape index (κ2) is 34.9. The van der Waals surface area contributed by atoms with E-state index in [1.807, 2.05) is 19.0 Å². The van der Waals surface area contributed by atoms with Crippen LogP contribution in [0.15, 0.2) is 24.3 Å². The van der Waals surface area contributed by atoms with Crippen LogP contribution in [-0.4, -0.2) is 209 Å².